The normalized spacial score (nSPS) is 18.4. The first-order valence-corrected chi connectivity index (χ1v) is 17.0. The molecule has 0 saturated carbocycles. The second-order valence-corrected chi connectivity index (χ2v) is 13.8. The zero-order valence-electron chi connectivity index (χ0n) is 26.8. The van der Waals surface area contributed by atoms with Gasteiger partial charge >= 0.3 is 0 Å². The van der Waals surface area contributed by atoms with E-state index in [1.54, 1.807) is 18.2 Å². The van der Waals surface area contributed by atoms with Gasteiger partial charge in [-0.1, -0.05) is 65.2 Å². The van der Waals surface area contributed by atoms with Crippen molar-refractivity contribution in [3.8, 4) is 5.75 Å². The molecule has 6 rings (SSSR count). The Labute approximate surface area is 281 Å². The molecule has 4 aromatic rings. The molecule has 1 N–H and O–H groups in total. The Balaban J connectivity index is 1.12. The summed E-state index contributed by atoms with van der Waals surface area (Å²) >= 11 is 12.2. The second kappa shape index (κ2) is 14.2. The van der Waals surface area contributed by atoms with Crippen molar-refractivity contribution < 1.29 is 14.3 Å². The van der Waals surface area contributed by atoms with Gasteiger partial charge < -0.3 is 14.6 Å². The van der Waals surface area contributed by atoms with Gasteiger partial charge in [-0.15, -0.1) is 0 Å². The number of ketones is 1. The van der Waals surface area contributed by atoms with Crippen molar-refractivity contribution in [1.82, 2.24) is 19.7 Å². The first-order valence-electron chi connectivity index (χ1n) is 16.2. The second-order valence-electron chi connectivity index (χ2n) is 12.9. The van der Waals surface area contributed by atoms with Gasteiger partial charge in [-0.3, -0.25) is 19.4 Å². The number of nitrogens with one attached hydrogen (secondary N) is 1. The number of aryl methyl sites for hydroxylation is 2. The fourth-order valence-electron chi connectivity index (χ4n) is 7.09. The minimum atomic E-state index is -0.0865. The maximum atomic E-state index is 13.5. The summed E-state index contributed by atoms with van der Waals surface area (Å²) in [5, 5.41) is 4.90. The highest BCUT2D eigenvalue weighted by Gasteiger charge is 2.39. The van der Waals surface area contributed by atoms with Crippen LogP contribution in [0.25, 0.3) is 10.9 Å². The standard InChI is InChI=1S/C37H42Cl2N4O3/c1-24(2)46-35-10-5-9-30-31(37(45)40-19-26-8-4-7-25(3)17-26)22-42(36(30)35)15-6-16-43-28-12-13-29(43)21-41(20-28)23-34(44)27-11-14-32(38)33(39)18-27/h4-5,7-11,14,17-18,22,24,28-29H,6,12-13,15-16,19-21,23H2,1-3H3,(H,40,45). The number of halogens is 2. The molecule has 2 bridgehead atoms. The SMILES string of the molecule is Cc1cccc(CNC(=O)c2cn(CCCN3C4CCC3CN(CC(=O)c3ccc(Cl)c(Cl)c3)C4)c3c(OC(C)C)cccc23)c1. The zero-order chi connectivity index (χ0) is 32.4. The van der Waals surface area contributed by atoms with Crippen LogP contribution in [-0.4, -0.2) is 70.4 Å². The van der Waals surface area contributed by atoms with Crippen molar-refractivity contribution in [2.75, 3.05) is 26.2 Å². The van der Waals surface area contributed by atoms with E-state index in [4.69, 9.17) is 27.9 Å². The number of carbonyl (C=O) groups excluding carboxylic acids is 2. The minimum Gasteiger partial charge on any atom is -0.489 e. The first kappa shape index (κ1) is 32.6. The molecule has 3 aromatic carbocycles. The number of likely N-dealkylation sites (tertiary alicyclic amines) is 1. The maximum absolute atomic E-state index is 13.5. The topological polar surface area (TPSA) is 66.8 Å². The van der Waals surface area contributed by atoms with Gasteiger partial charge in [0.15, 0.2) is 5.78 Å². The van der Waals surface area contributed by atoms with Gasteiger partial charge in [0.25, 0.3) is 5.91 Å². The van der Waals surface area contributed by atoms with E-state index in [0.29, 0.717) is 46.3 Å². The number of amides is 1. The molecule has 2 aliphatic rings. The highest BCUT2D eigenvalue weighted by molar-refractivity contribution is 6.42. The molecular weight excluding hydrogens is 619 g/mol. The summed E-state index contributed by atoms with van der Waals surface area (Å²) in [6.45, 7) is 10.5. The summed E-state index contributed by atoms with van der Waals surface area (Å²) in [7, 11) is 0. The number of ether oxygens (including phenoxy) is 1. The van der Waals surface area contributed by atoms with Crippen molar-refractivity contribution in [1.29, 1.82) is 0 Å². The van der Waals surface area contributed by atoms with Crippen LogP contribution in [0.2, 0.25) is 10.0 Å². The molecule has 3 heterocycles. The predicted molar refractivity (Wildman–Crippen MR) is 185 cm³/mol. The van der Waals surface area contributed by atoms with E-state index < -0.39 is 0 Å². The third kappa shape index (κ3) is 7.28. The summed E-state index contributed by atoms with van der Waals surface area (Å²) in [5.74, 6) is 0.783. The summed E-state index contributed by atoms with van der Waals surface area (Å²) < 4.78 is 8.42. The number of fused-ring (bicyclic) bond motifs is 3. The van der Waals surface area contributed by atoms with Crippen LogP contribution in [0.15, 0.2) is 66.9 Å². The van der Waals surface area contributed by atoms with Gasteiger partial charge in [0.1, 0.15) is 5.75 Å². The largest absolute Gasteiger partial charge is 0.489 e. The number of rotatable bonds is 12. The molecule has 2 fully saturated rings. The molecular formula is C37H42Cl2N4O3. The number of nitrogens with zero attached hydrogens (tertiary/aromatic N) is 3. The van der Waals surface area contributed by atoms with Crippen LogP contribution in [0.3, 0.4) is 0 Å². The molecule has 0 radical (unpaired) electrons. The fourth-order valence-corrected chi connectivity index (χ4v) is 7.39. The van der Waals surface area contributed by atoms with Crippen LogP contribution in [-0.2, 0) is 13.1 Å². The number of piperazine rings is 1. The van der Waals surface area contributed by atoms with E-state index in [1.165, 1.54) is 5.56 Å². The molecule has 2 unspecified atom stereocenters. The summed E-state index contributed by atoms with van der Waals surface area (Å²) in [5.41, 5.74) is 4.48. The number of hydrogen-bond donors (Lipinski definition) is 1. The molecule has 9 heteroatoms. The average Bonchev–Trinajstić information content (AvgIpc) is 3.51. The Bertz CT molecular complexity index is 1720. The van der Waals surface area contributed by atoms with Crippen molar-refractivity contribution in [3.05, 3.63) is 99.2 Å². The van der Waals surface area contributed by atoms with Gasteiger partial charge in [-0.2, -0.15) is 0 Å². The monoisotopic (exact) mass is 660 g/mol. The third-order valence-corrected chi connectivity index (χ3v) is 9.88. The minimum absolute atomic E-state index is 0.0167. The van der Waals surface area contributed by atoms with Crippen LogP contribution in [0.4, 0.5) is 0 Å². The smallest absolute Gasteiger partial charge is 0.253 e. The van der Waals surface area contributed by atoms with Gasteiger partial charge in [-0.05, 0) is 69.9 Å². The highest BCUT2D eigenvalue weighted by atomic mass is 35.5. The van der Waals surface area contributed by atoms with Crippen molar-refractivity contribution >= 4 is 45.8 Å². The van der Waals surface area contributed by atoms with E-state index in [-0.39, 0.29) is 17.8 Å². The average molecular weight is 662 g/mol. The maximum Gasteiger partial charge on any atom is 0.253 e. The quantitative estimate of drug-likeness (QED) is 0.161. The van der Waals surface area contributed by atoms with Gasteiger partial charge in [0.05, 0.1) is 33.8 Å². The number of para-hydroxylation sites is 1. The number of carbonyl (C=O) groups is 2. The van der Waals surface area contributed by atoms with Crippen LogP contribution >= 0.6 is 23.2 Å². The predicted octanol–water partition coefficient (Wildman–Crippen LogP) is 7.40. The Morgan fingerprint density at radius 2 is 1.72 bits per heavy atom. The molecule has 2 aliphatic heterocycles. The summed E-state index contributed by atoms with van der Waals surface area (Å²) in [6, 6.07) is 20.1. The molecule has 7 nitrogen and oxygen atoms in total. The lowest BCUT2D eigenvalue weighted by Gasteiger charge is -2.41. The van der Waals surface area contributed by atoms with Gasteiger partial charge in [-0.25, -0.2) is 0 Å². The molecule has 2 saturated heterocycles. The molecule has 1 aromatic heterocycles. The Morgan fingerprint density at radius 1 is 0.957 bits per heavy atom. The Morgan fingerprint density at radius 3 is 2.43 bits per heavy atom. The lowest BCUT2D eigenvalue weighted by molar-refractivity contribution is 0.0588. The lowest BCUT2D eigenvalue weighted by Crippen LogP contribution is -2.54. The van der Waals surface area contributed by atoms with Crippen molar-refractivity contribution in [2.45, 2.75) is 71.3 Å². The van der Waals surface area contributed by atoms with E-state index in [0.717, 1.165) is 67.7 Å². The molecule has 0 aliphatic carbocycles. The number of aromatic nitrogens is 1. The summed E-state index contributed by atoms with van der Waals surface area (Å²) in [4.78, 5) is 31.4. The van der Waals surface area contributed by atoms with Gasteiger partial charge in [0, 0.05) is 62.0 Å². The lowest BCUT2D eigenvalue weighted by atomic mass is 10.1. The van der Waals surface area contributed by atoms with E-state index >= 15 is 0 Å². The van der Waals surface area contributed by atoms with E-state index in [9.17, 15) is 9.59 Å². The van der Waals surface area contributed by atoms with Crippen LogP contribution < -0.4 is 10.1 Å². The fraction of sp³-hybridized carbons (Fsp3) is 0.405. The third-order valence-electron chi connectivity index (χ3n) is 9.14. The number of benzene rings is 3. The molecule has 46 heavy (non-hydrogen) atoms. The summed E-state index contributed by atoms with van der Waals surface area (Å²) in [6.07, 6.45) is 5.24. The van der Waals surface area contributed by atoms with Crippen LogP contribution in [0, 0.1) is 6.92 Å². The van der Waals surface area contributed by atoms with Crippen molar-refractivity contribution in [3.63, 3.8) is 0 Å². The highest BCUT2D eigenvalue weighted by Crippen LogP contribution is 2.33. The molecule has 1 amide bonds. The Kier molecular flexibility index (Phi) is 10.0. The molecule has 0 spiro atoms. The van der Waals surface area contributed by atoms with E-state index in [2.05, 4.69) is 38.7 Å². The number of hydrogen-bond acceptors (Lipinski definition) is 5. The van der Waals surface area contributed by atoms with Crippen LogP contribution in [0.1, 0.15) is 65.0 Å². The molecule has 2 atom stereocenters. The Hall–Kier alpha value is -3.36. The first-order chi connectivity index (χ1) is 22.2. The van der Waals surface area contributed by atoms with Crippen LogP contribution in [0.5, 0.6) is 5.75 Å². The molecule has 242 valence electrons. The van der Waals surface area contributed by atoms with E-state index in [1.807, 2.05) is 50.4 Å². The number of Topliss-reactive ketones (excluding diaryl/α,β-unsaturated/α-hetero) is 1. The van der Waals surface area contributed by atoms with Crippen molar-refractivity contribution in [2.24, 2.45) is 0 Å². The zero-order valence-corrected chi connectivity index (χ0v) is 28.3. The van der Waals surface area contributed by atoms with Gasteiger partial charge in [0.2, 0.25) is 0 Å².